The van der Waals surface area contributed by atoms with Gasteiger partial charge in [0.2, 0.25) is 0 Å². The molecule has 1 heterocycles. The monoisotopic (exact) mass is 366 g/mol. The summed E-state index contributed by atoms with van der Waals surface area (Å²) in [6, 6.07) is 21.9. The SMILES string of the molecule is CC(C)(C)[Si](OC1CCC2(CC1)CO2)(c1ccccc1)c1ccccc1. The van der Waals surface area contributed by atoms with Gasteiger partial charge in [-0.1, -0.05) is 81.4 Å². The van der Waals surface area contributed by atoms with Crippen molar-refractivity contribution in [2.24, 2.45) is 0 Å². The molecule has 0 atom stereocenters. The highest BCUT2D eigenvalue weighted by Crippen LogP contribution is 2.45. The molecule has 1 spiro atoms. The van der Waals surface area contributed by atoms with Gasteiger partial charge >= 0.3 is 0 Å². The number of epoxide rings is 1. The molecule has 2 nitrogen and oxygen atoms in total. The summed E-state index contributed by atoms with van der Waals surface area (Å²) in [6.45, 7) is 8.02. The number of ether oxygens (including phenoxy) is 1. The average molecular weight is 367 g/mol. The third kappa shape index (κ3) is 3.17. The highest BCUT2D eigenvalue weighted by Gasteiger charge is 2.53. The number of hydrogen-bond donors (Lipinski definition) is 0. The van der Waals surface area contributed by atoms with E-state index in [1.807, 2.05) is 0 Å². The first-order valence-corrected chi connectivity index (χ1v) is 11.8. The smallest absolute Gasteiger partial charge is 0.261 e. The molecule has 1 aliphatic heterocycles. The lowest BCUT2D eigenvalue weighted by atomic mass is 9.88. The van der Waals surface area contributed by atoms with Gasteiger partial charge in [0.25, 0.3) is 8.32 Å². The van der Waals surface area contributed by atoms with E-state index in [1.165, 1.54) is 10.4 Å². The van der Waals surface area contributed by atoms with Crippen LogP contribution in [0.5, 0.6) is 0 Å². The zero-order valence-corrected chi connectivity index (χ0v) is 17.2. The van der Waals surface area contributed by atoms with E-state index in [4.69, 9.17) is 9.16 Å². The third-order valence-corrected chi connectivity index (χ3v) is 11.2. The maximum Gasteiger partial charge on any atom is 0.261 e. The minimum atomic E-state index is -2.40. The summed E-state index contributed by atoms with van der Waals surface area (Å²) in [7, 11) is -2.40. The number of benzene rings is 2. The second kappa shape index (κ2) is 6.63. The van der Waals surface area contributed by atoms with Crippen LogP contribution in [0.4, 0.5) is 0 Å². The van der Waals surface area contributed by atoms with Gasteiger partial charge in [0.15, 0.2) is 0 Å². The van der Waals surface area contributed by atoms with Crippen LogP contribution in [0.2, 0.25) is 5.04 Å². The molecule has 0 radical (unpaired) electrons. The second-order valence-corrected chi connectivity index (χ2v) is 13.2. The van der Waals surface area contributed by atoms with Gasteiger partial charge in [0.05, 0.1) is 12.2 Å². The molecule has 3 heteroatoms. The van der Waals surface area contributed by atoms with Gasteiger partial charge in [-0.15, -0.1) is 0 Å². The Hall–Kier alpha value is -1.42. The van der Waals surface area contributed by atoms with Gasteiger partial charge in [0.1, 0.15) is 0 Å². The number of rotatable bonds is 4. The van der Waals surface area contributed by atoms with Crippen LogP contribution in [0, 0.1) is 0 Å². The summed E-state index contributed by atoms with van der Waals surface area (Å²) in [4.78, 5) is 0. The fourth-order valence-electron chi connectivity index (χ4n) is 4.57. The summed E-state index contributed by atoms with van der Waals surface area (Å²) >= 11 is 0. The normalized spacial score (nSPS) is 26.0. The Morgan fingerprint density at radius 2 is 1.35 bits per heavy atom. The van der Waals surface area contributed by atoms with Crippen LogP contribution in [0.1, 0.15) is 46.5 Å². The van der Waals surface area contributed by atoms with Crippen LogP contribution < -0.4 is 10.4 Å². The van der Waals surface area contributed by atoms with E-state index in [0.717, 1.165) is 32.3 Å². The van der Waals surface area contributed by atoms with Crippen LogP contribution in [-0.2, 0) is 9.16 Å². The van der Waals surface area contributed by atoms with Crippen molar-refractivity contribution < 1.29 is 9.16 Å². The minimum absolute atomic E-state index is 0.0565. The maximum atomic E-state index is 7.22. The quantitative estimate of drug-likeness (QED) is 0.595. The first-order chi connectivity index (χ1) is 12.5. The highest BCUT2D eigenvalue weighted by atomic mass is 28.4. The maximum absolute atomic E-state index is 7.22. The van der Waals surface area contributed by atoms with Crippen LogP contribution in [0.15, 0.2) is 60.7 Å². The standard InChI is InChI=1S/C23H30O2Si/c1-22(2,3)26(20-10-6-4-7-11-20,21-12-8-5-9-13-21)25-19-14-16-23(17-15-19)18-24-23/h4-13,19H,14-18H2,1-3H3. The Kier molecular flexibility index (Phi) is 4.58. The molecule has 1 aliphatic carbocycles. The molecule has 0 amide bonds. The van der Waals surface area contributed by atoms with Crippen molar-refractivity contribution in [3.63, 3.8) is 0 Å². The van der Waals surface area contributed by atoms with E-state index >= 15 is 0 Å². The van der Waals surface area contributed by atoms with Gasteiger partial charge in [0, 0.05) is 6.10 Å². The molecule has 2 aromatic rings. The van der Waals surface area contributed by atoms with Crippen molar-refractivity contribution in [1.29, 1.82) is 0 Å². The summed E-state index contributed by atoms with van der Waals surface area (Å²) < 4.78 is 12.9. The molecule has 2 fully saturated rings. The Labute approximate surface area is 158 Å². The molecule has 2 aromatic carbocycles. The predicted molar refractivity (Wildman–Crippen MR) is 110 cm³/mol. The van der Waals surface area contributed by atoms with Gasteiger partial charge in [-0.2, -0.15) is 0 Å². The summed E-state index contributed by atoms with van der Waals surface area (Å²) in [5, 5.41) is 2.81. The molecule has 0 unspecified atom stereocenters. The van der Waals surface area contributed by atoms with Crippen LogP contribution in [0.25, 0.3) is 0 Å². The Balaban J connectivity index is 1.75. The van der Waals surface area contributed by atoms with Crippen LogP contribution in [0.3, 0.4) is 0 Å². The summed E-state index contributed by atoms with van der Waals surface area (Å²) in [5.74, 6) is 0. The molecular weight excluding hydrogens is 336 g/mol. The first kappa shape index (κ1) is 18.0. The van der Waals surface area contributed by atoms with E-state index in [2.05, 4.69) is 81.4 Å². The molecule has 0 aromatic heterocycles. The van der Waals surface area contributed by atoms with Crippen molar-refractivity contribution in [3.05, 3.63) is 60.7 Å². The topological polar surface area (TPSA) is 21.8 Å². The summed E-state index contributed by atoms with van der Waals surface area (Å²) in [6.07, 6.45) is 4.86. The molecule has 2 aliphatic rings. The van der Waals surface area contributed by atoms with Gasteiger partial charge in [-0.3, -0.25) is 0 Å². The molecule has 1 saturated carbocycles. The largest absolute Gasteiger partial charge is 0.404 e. The fourth-order valence-corrected chi connectivity index (χ4v) is 9.32. The Morgan fingerprint density at radius 1 is 0.885 bits per heavy atom. The molecule has 138 valence electrons. The minimum Gasteiger partial charge on any atom is -0.404 e. The van der Waals surface area contributed by atoms with E-state index < -0.39 is 8.32 Å². The van der Waals surface area contributed by atoms with Crippen LogP contribution >= 0.6 is 0 Å². The molecule has 1 saturated heterocycles. The second-order valence-electron chi connectivity index (χ2n) is 8.95. The predicted octanol–water partition coefficient (Wildman–Crippen LogP) is 4.27. The Morgan fingerprint density at radius 3 is 1.73 bits per heavy atom. The van der Waals surface area contributed by atoms with E-state index in [1.54, 1.807) is 0 Å². The lowest BCUT2D eigenvalue weighted by molar-refractivity contribution is 0.103. The average Bonchev–Trinajstić information content (AvgIpc) is 3.41. The van der Waals surface area contributed by atoms with E-state index in [-0.39, 0.29) is 10.6 Å². The lowest BCUT2D eigenvalue weighted by Crippen LogP contribution is -2.67. The third-order valence-electron chi connectivity index (χ3n) is 6.16. The summed E-state index contributed by atoms with van der Waals surface area (Å²) in [5.41, 5.74) is 0.214. The van der Waals surface area contributed by atoms with E-state index in [9.17, 15) is 0 Å². The zero-order valence-electron chi connectivity index (χ0n) is 16.2. The first-order valence-electron chi connectivity index (χ1n) is 9.88. The lowest BCUT2D eigenvalue weighted by Gasteiger charge is -2.46. The molecule has 0 N–H and O–H groups in total. The van der Waals surface area contributed by atoms with Crippen molar-refractivity contribution in [3.8, 4) is 0 Å². The molecule has 4 rings (SSSR count). The van der Waals surface area contributed by atoms with Gasteiger partial charge in [-0.25, -0.2) is 0 Å². The van der Waals surface area contributed by atoms with Crippen molar-refractivity contribution >= 4 is 18.7 Å². The van der Waals surface area contributed by atoms with Crippen molar-refractivity contribution in [1.82, 2.24) is 0 Å². The van der Waals surface area contributed by atoms with Crippen LogP contribution in [-0.4, -0.2) is 26.6 Å². The zero-order chi connectivity index (χ0) is 18.3. The van der Waals surface area contributed by atoms with Crippen molar-refractivity contribution in [2.45, 2.75) is 63.2 Å². The number of hydrogen-bond acceptors (Lipinski definition) is 2. The molecular formula is C23H30O2Si. The highest BCUT2D eigenvalue weighted by molar-refractivity contribution is 6.99. The van der Waals surface area contributed by atoms with Gasteiger partial charge < -0.3 is 9.16 Å². The van der Waals surface area contributed by atoms with E-state index in [0.29, 0.717) is 6.10 Å². The van der Waals surface area contributed by atoms with Crippen molar-refractivity contribution in [2.75, 3.05) is 6.61 Å². The Bertz CT molecular complexity index is 682. The molecule has 26 heavy (non-hydrogen) atoms. The molecule has 0 bridgehead atoms. The van der Waals surface area contributed by atoms with Gasteiger partial charge in [-0.05, 0) is 41.1 Å². The fraction of sp³-hybridized carbons (Fsp3) is 0.478.